The molecular weight excluding hydrogens is 305 g/mol. The molecule has 1 aromatic heterocycles. The second kappa shape index (κ2) is 4.11. The normalized spacial score (nSPS) is 19.1. The summed E-state index contributed by atoms with van der Waals surface area (Å²) in [5, 5.41) is 3.39. The molecule has 0 radical (unpaired) electrons. The fourth-order valence-corrected chi connectivity index (χ4v) is 2.47. The molecule has 0 aromatic carbocycles. The van der Waals surface area contributed by atoms with E-state index in [9.17, 15) is 4.79 Å². The minimum atomic E-state index is -0.0744. The molecule has 2 N–H and O–H groups in total. The van der Waals surface area contributed by atoms with Crippen LogP contribution < -0.4 is 10.9 Å². The van der Waals surface area contributed by atoms with Gasteiger partial charge in [0.15, 0.2) is 0 Å². The average Bonchev–Trinajstić information content (AvgIpc) is 2.60. The number of hydrogen-bond donors (Lipinski definition) is 2. The van der Waals surface area contributed by atoms with E-state index in [1.807, 2.05) is 22.6 Å². The Kier molecular flexibility index (Phi) is 2.99. The van der Waals surface area contributed by atoms with Crippen molar-refractivity contribution in [3.8, 4) is 0 Å². The van der Waals surface area contributed by atoms with Gasteiger partial charge in [-0.1, -0.05) is 12.8 Å². The van der Waals surface area contributed by atoms with Crippen LogP contribution in [0.5, 0.6) is 0 Å². The molecule has 15 heavy (non-hydrogen) atoms. The predicted octanol–water partition coefficient (Wildman–Crippen LogP) is 2.12. The number of nitrogens with zero attached hydrogens (tertiary/aromatic N) is 1. The number of H-pyrrole nitrogens is 1. The summed E-state index contributed by atoms with van der Waals surface area (Å²) in [6, 6.07) is 0. The lowest BCUT2D eigenvalue weighted by molar-refractivity contribution is 0.530. The summed E-state index contributed by atoms with van der Waals surface area (Å²) >= 11 is 2.03. The van der Waals surface area contributed by atoms with Crippen molar-refractivity contribution < 1.29 is 0 Å². The van der Waals surface area contributed by atoms with Crippen molar-refractivity contribution in [1.29, 1.82) is 0 Å². The molecule has 5 heteroatoms. The molecular formula is C10H14IN3O. The number of aromatic nitrogens is 2. The van der Waals surface area contributed by atoms with E-state index < -0.39 is 0 Å². The molecule has 82 valence electrons. The Bertz CT molecular complexity index is 409. The SMILES string of the molecule is CC1(Nc2nc[nH]c(=O)c2I)CCCC1. The Balaban J connectivity index is 2.24. The van der Waals surface area contributed by atoms with Gasteiger partial charge < -0.3 is 10.3 Å². The lowest BCUT2D eigenvalue weighted by atomic mass is 10.0. The maximum atomic E-state index is 11.4. The molecule has 2 rings (SSSR count). The average molecular weight is 319 g/mol. The summed E-state index contributed by atoms with van der Waals surface area (Å²) in [6.07, 6.45) is 6.26. The fourth-order valence-electron chi connectivity index (χ4n) is 2.04. The monoisotopic (exact) mass is 319 g/mol. The maximum Gasteiger partial charge on any atom is 0.266 e. The maximum absolute atomic E-state index is 11.4. The van der Waals surface area contributed by atoms with Crippen molar-refractivity contribution in [3.63, 3.8) is 0 Å². The number of halogens is 1. The minimum Gasteiger partial charge on any atom is -0.364 e. The van der Waals surface area contributed by atoms with Crippen LogP contribution in [0, 0.1) is 3.57 Å². The van der Waals surface area contributed by atoms with E-state index in [0.717, 1.165) is 12.8 Å². The second-order valence-electron chi connectivity index (χ2n) is 4.29. The standard InChI is InChI=1S/C10H14IN3O/c1-10(4-2-3-5-10)14-8-7(11)9(15)13-6-12-8/h6H,2-5H2,1H3,(H2,12,13,14,15). The molecule has 1 saturated carbocycles. The Morgan fingerprint density at radius 3 is 2.87 bits per heavy atom. The number of rotatable bonds is 2. The van der Waals surface area contributed by atoms with E-state index in [1.54, 1.807) is 0 Å². The number of hydrogen-bond acceptors (Lipinski definition) is 3. The zero-order chi connectivity index (χ0) is 10.9. The zero-order valence-electron chi connectivity index (χ0n) is 8.64. The van der Waals surface area contributed by atoms with Gasteiger partial charge in [-0.25, -0.2) is 4.98 Å². The predicted molar refractivity (Wildman–Crippen MR) is 68.1 cm³/mol. The third-order valence-electron chi connectivity index (χ3n) is 2.92. The van der Waals surface area contributed by atoms with E-state index >= 15 is 0 Å². The fraction of sp³-hybridized carbons (Fsp3) is 0.600. The third kappa shape index (κ3) is 2.32. The number of aromatic amines is 1. The molecule has 1 fully saturated rings. The Morgan fingerprint density at radius 2 is 2.20 bits per heavy atom. The van der Waals surface area contributed by atoms with Crippen molar-refractivity contribution in [2.45, 2.75) is 38.1 Å². The molecule has 0 amide bonds. The summed E-state index contributed by atoms with van der Waals surface area (Å²) in [4.78, 5) is 18.1. The van der Waals surface area contributed by atoms with Gasteiger partial charge in [0, 0.05) is 5.54 Å². The van der Waals surface area contributed by atoms with Crippen molar-refractivity contribution >= 4 is 28.4 Å². The Morgan fingerprint density at radius 1 is 1.53 bits per heavy atom. The van der Waals surface area contributed by atoms with Gasteiger partial charge in [0.1, 0.15) is 9.39 Å². The highest BCUT2D eigenvalue weighted by atomic mass is 127. The van der Waals surface area contributed by atoms with E-state index in [1.165, 1.54) is 19.2 Å². The van der Waals surface area contributed by atoms with Crippen LogP contribution in [0.4, 0.5) is 5.82 Å². The van der Waals surface area contributed by atoms with Crippen molar-refractivity contribution in [2.24, 2.45) is 0 Å². The minimum absolute atomic E-state index is 0.0744. The zero-order valence-corrected chi connectivity index (χ0v) is 10.8. The van der Waals surface area contributed by atoms with E-state index in [2.05, 4.69) is 22.2 Å². The largest absolute Gasteiger partial charge is 0.364 e. The molecule has 1 aromatic rings. The van der Waals surface area contributed by atoms with Crippen LogP contribution in [0.15, 0.2) is 11.1 Å². The summed E-state index contributed by atoms with van der Waals surface area (Å²) in [5.74, 6) is 0.712. The molecule has 0 spiro atoms. The topological polar surface area (TPSA) is 57.8 Å². The highest BCUT2D eigenvalue weighted by molar-refractivity contribution is 14.1. The van der Waals surface area contributed by atoms with E-state index in [-0.39, 0.29) is 11.1 Å². The van der Waals surface area contributed by atoms with Gasteiger partial charge in [-0.2, -0.15) is 0 Å². The quantitative estimate of drug-likeness (QED) is 0.821. The van der Waals surface area contributed by atoms with Gasteiger partial charge in [0.25, 0.3) is 5.56 Å². The first-order chi connectivity index (χ1) is 7.11. The van der Waals surface area contributed by atoms with Crippen LogP contribution in [0.2, 0.25) is 0 Å². The van der Waals surface area contributed by atoms with Crippen LogP contribution in [0.3, 0.4) is 0 Å². The molecule has 4 nitrogen and oxygen atoms in total. The first-order valence-electron chi connectivity index (χ1n) is 5.12. The summed E-state index contributed by atoms with van der Waals surface area (Å²) < 4.78 is 0.642. The lowest BCUT2D eigenvalue weighted by Crippen LogP contribution is -2.32. The lowest BCUT2D eigenvalue weighted by Gasteiger charge is -2.26. The van der Waals surface area contributed by atoms with Gasteiger partial charge in [-0.15, -0.1) is 0 Å². The van der Waals surface area contributed by atoms with E-state index in [0.29, 0.717) is 9.39 Å². The molecule has 0 saturated heterocycles. The summed E-state index contributed by atoms with van der Waals surface area (Å²) in [7, 11) is 0. The van der Waals surface area contributed by atoms with Crippen LogP contribution >= 0.6 is 22.6 Å². The second-order valence-corrected chi connectivity index (χ2v) is 5.37. The first-order valence-corrected chi connectivity index (χ1v) is 6.20. The molecule has 1 aliphatic rings. The Labute approximate surface area is 102 Å². The van der Waals surface area contributed by atoms with Crippen molar-refractivity contribution in [2.75, 3.05) is 5.32 Å². The summed E-state index contributed by atoms with van der Waals surface area (Å²) in [5.41, 5.74) is 0.0375. The molecule has 1 heterocycles. The number of anilines is 1. The third-order valence-corrected chi connectivity index (χ3v) is 3.92. The van der Waals surface area contributed by atoms with Gasteiger partial charge >= 0.3 is 0 Å². The molecule has 0 aliphatic heterocycles. The molecule has 0 unspecified atom stereocenters. The smallest absolute Gasteiger partial charge is 0.266 e. The Hall–Kier alpha value is -0.590. The molecule has 0 bridgehead atoms. The van der Waals surface area contributed by atoms with Crippen LogP contribution in [-0.4, -0.2) is 15.5 Å². The molecule has 1 aliphatic carbocycles. The highest BCUT2D eigenvalue weighted by Crippen LogP contribution is 2.32. The molecule has 0 atom stereocenters. The van der Waals surface area contributed by atoms with Gasteiger partial charge in [0.05, 0.1) is 6.33 Å². The number of nitrogens with one attached hydrogen (secondary N) is 2. The van der Waals surface area contributed by atoms with Gasteiger partial charge in [-0.3, -0.25) is 4.79 Å². The first kappa shape index (κ1) is 10.9. The van der Waals surface area contributed by atoms with Crippen LogP contribution in [-0.2, 0) is 0 Å². The van der Waals surface area contributed by atoms with Gasteiger partial charge in [0.2, 0.25) is 0 Å². The summed E-state index contributed by atoms with van der Waals surface area (Å²) in [6.45, 7) is 2.19. The van der Waals surface area contributed by atoms with Crippen molar-refractivity contribution in [1.82, 2.24) is 9.97 Å². The highest BCUT2D eigenvalue weighted by Gasteiger charge is 2.29. The van der Waals surface area contributed by atoms with Gasteiger partial charge in [-0.05, 0) is 42.4 Å². The van der Waals surface area contributed by atoms with Crippen LogP contribution in [0.25, 0.3) is 0 Å². The van der Waals surface area contributed by atoms with E-state index in [4.69, 9.17) is 0 Å². The van der Waals surface area contributed by atoms with Crippen molar-refractivity contribution in [3.05, 3.63) is 20.3 Å². The van der Waals surface area contributed by atoms with Crippen LogP contribution in [0.1, 0.15) is 32.6 Å².